The number of aromatic nitrogens is 4. The van der Waals surface area contributed by atoms with Gasteiger partial charge in [0.05, 0.1) is 23.1 Å². The molecular weight excluding hydrogens is 573 g/mol. The molecule has 0 radical (unpaired) electrons. The standard InChI is InChI=1S/C31H39F2N5O2SSi/c1-30(2,3)42(7,8)40-31(4,5)28-35-16-19(17-36-28)18-12-13-21-22(14-18)38-23(15-20(34)27(38)37-21)26-24(39-29(32)33)10-9-11-25(26)41-6/h9-14,16-17,20,23,29H,15,34H2,1-8H3/t20-,23-/m1/s1. The van der Waals surface area contributed by atoms with Gasteiger partial charge in [0.2, 0.25) is 0 Å². The largest absolute Gasteiger partial charge is 0.434 e. The zero-order valence-electron chi connectivity index (χ0n) is 25.4. The van der Waals surface area contributed by atoms with Gasteiger partial charge >= 0.3 is 6.61 Å². The third-order valence-corrected chi connectivity index (χ3v) is 13.9. The molecule has 2 N–H and O–H groups in total. The SMILES string of the molecule is CSc1cccc(OC(F)F)c1[C@H]1C[C@@H](N)c2nc3ccc(-c4cnc(C(C)(C)O[Si](C)(C)C(C)(C)C)nc4)cc3n21. The van der Waals surface area contributed by atoms with Crippen molar-refractivity contribution in [1.29, 1.82) is 0 Å². The fourth-order valence-corrected chi connectivity index (χ4v) is 7.78. The number of imidazole rings is 1. The molecule has 0 saturated carbocycles. The molecule has 3 heterocycles. The Balaban J connectivity index is 1.53. The van der Waals surface area contributed by atoms with E-state index in [0.29, 0.717) is 17.8 Å². The van der Waals surface area contributed by atoms with E-state index in [1.54, 1.807) is 12.1 Å². The fraction of sp³-hybridized carbons (Fsp3) is 0.452. The minimum absolute atomic E-state index is 0.0637. The quantitative estimate of drug-likeness (QED) is 0.159. The third kappa shape index (κ3) is 5.59. The van der Waals surface area contributed by atoms with Crippen LogP contribution in [0.1, 0.15) is 70.3 Å². The van der Waals surface area contributed by atoms with Gasteiger partial charge in [-0.3, -0.25) is 0 Å². The van der Waals surface area contributed by atoms with Crippen LogP contribution in [0, 0.1) is 0 Å². The van der Waals surface area contributed by atoms with Gasteiger partial charge in [-0.2, -0.15) is 8.78 Å². The van der Waals surface area contributed by atoms with E-state index < -0.39 is 20.5 Å². The van der Waals surface area contributed by atoms with Crippen LogP contribution in [0.2, 0.25) is 18.1 Å². The van der Waals surface area contributed by atoms with Crippen molar-refractivity contribution in [3.63, 3.8) is 0 Å². The molecule has 4 aromatic rings. The Bertz CT molecular complexity index is 1600. The number of benzene rings is 2. The molecule has 42 heavy (non-hydrogen) atoms. The Morgan fingerprint density at radius 1 is 1.05 bits per heavy atom. The van der Waals surface area contributed by atoms with E-state index in [1.165, 1.54) is 11.8 Å². The molecule has 0 saturated heterocycles. The molecule has 224 valence electrons. The number of nitrogens with two attached hydrogens (primary N) is 1. The van der Waals surface area contributed by atoms with Gasteiger partial charge in [0.25, 0.3) is 0 Å². The molecule has 0 fully saturated rings. The van der Waals surface area contributed by atoms with Gasteiger partial charge in [0.15, 0.2) is 14.1 Å². The van der Waals surface area contributed by atoms with Crippen molar-refractivity contribution < 1.29 is 17.9 Å². The van der Waals surface area contributed by atoms with Crippen LogP contribution >= 0.6 is 11.8 Å². The van der Waals surface area contributed by atoms with Crippen molar-refractivity contribution in [3.8, 4) is 16.9 Å². The van der Waals surface area contributed by atoms with Crippen LogP contribution in [0.25, 0.3) is 22.2 Å². The summed E-state index contributed by atoms with van der Waals surface area (Å²) < 4.78 is 40.5. The molecule has 2 aromatic heterocycles. The second-order valence-corrected chi connectivity index (χ2v) is 18.4. The van der Waals surface area contributed by atoms with Gasteiger partial charge in [0, 0.05) is 28.4 Å². The summed E-state index contributed by atoms with van der Waals surface area (Å²) in [6.07, 6.45) is 6.10. The number of halogens is 2. The molecule has 2 atom stereocenters. The van der Waals surface area contributed by atoms with Crippen LogP contribution in [0.5, 0.6) is 5.75 Å². The zero-order valence-corrected chi connectivity index (χ0v) is 27.2. The number of thioether (sulfide) groups is 1. The molecule has 0 unspecified atom stereocenters. The Morgan fingerprint density at radius 3 is 2.36 bits per heavy atom. The number of hydrogen-bond acceptors (Lipinski definition) is 7. The summed E-state index contributed by atoms with van der Waals surface area (Å²) in [5, 5.41) is 0.0637. The van der Waals surface area contributed by atoms with Crippen molar-refractivity contribution in [1.82, 2.24) is 19.5 Å². The molecule has 1 aliphatic heterocycles. The minimum Gasteiger partial charge on any atom is -0.434 e. The lowest BCUT2D eigenvalue weighted by Crippen LogP contribution is -2.46. The third-order valence-electron chi connectivity index (χ3n) is 8.47. The molecule has 0 amide bonds. The molecule has 11 heteroatoms. The Kier molecular flexibility index (Phi) is 8.01. The van der Waals surface area contributed by atoms with E-state index in [0.717, 1.165) is 32.9 Å². The number of alkyl halides is 2. The molecule has 1 aliphatic rings. The van der Waals surface area contributed by atoms with Crippen molar-refractivity contribution in [2.24, 2.45) is 5.73 Å². The van der Waals surface area contributed by atoms with Gasteiger partial charge < -0.3 is 19.5 Å². The normalized spacial score (nSPS) is 17.7. The number of fused-ring (bicyclic) bond motifs is 3. The van der Waals surface area contributed by atoms with Crippen molar-refractivity contribution in [2.45, 2.75) is 88.4 Å². The van der Waals surface area contributed by atoms with E-state index in [4.69, 9.17) is 29.8 Å². The highest BCUT2D eigenvalue weighted by atomic mass is 32.2. The van der Waals surface area contributed by atoms with E-state index in [2.05, 4.69) is 38.4 Å². The molecule has 5 rings (SSSR count). The van der Waals surface area contributed by atoms with Gasteiger partial charge in [-0.05, 0) is 74.5 Å². The topological polar surface area (TPSA) is 88.1 Å². The first-order valence-corrected chi connectivity index (χ1v) is 18.2. The van der Waals surface area contributed by atoms with E-state index in [9.17, 15) is 8.78 Å². The highest BCUT2D eigenvalue weighted by Gasteiger charge is 2.43. The minimum atomic E-state index is -2.93. The van der Waals surface area contributed by atoms with E-state index in [-0.39, 0.29) is 22.9 Å². The molecule has 2 aromatic carbocycles. The highest BCUT2D eigenvalue weighted by Crippen LogP contribution is 2.47. The monoisotopic (exact) mass is 611 g/mol. The lowest BCUT2D eigenvalue weighted by Gasteiger charge is -2.42. The van der Waals surface area contributed by atoms with Crippen molar-refractivity contribution in [2.75, 3.05) is 6.26 Å². The van der Waals surface area contributed by atoms with Gasteiger partial charge in [-0.1, -0.05) is 32.9 Å². The summed E-state index contributed by atoms with van der Waals surface area (Å²) >= 11 is 1.49. The zero-order chi connectivity index (χ0) is 30.6. The lowest BCUT2D eigenvalue weighted by atomic mass is 10.0. The van der Waals surface area contributed by atoms with Crippen LogP contribution in [-0.4, -0.2) is 40.7 Å². The van der Waals surface area contributed by atoms with Crippen molar-refractivity contribution >= 4 is 31.1 Å². The van der Waals surface area contributed by atoms with Gasteiger partial charge in [-0.15, -0.1) is 11.8 Å². The van der Waals surface area contributed by atoms with Gasteiger partial charge in [-0.25, -0.2) is 15.0 Å². The Morgan fingerprint density at radius 2 is 1.74 bits per heavy atom. The van der Waals surface area contributed by atoms with Crippen LogP contribution in [0.3, 0.4) is 0 Å². The molecule has 0 bridgehead atoms. The fourth-order valence-electron chi connectivity index (χ4n) is 5.43. The number of hydrogen-bond donors (Lipinski definition) is 1. The lowest BCUT2D eigenvalue weighted by molar-refractivity contribution is -0.0508. The number of nitrogens with zero attached hydrogens (tertiary/aromatic N) is 4. The summed E-state index contributed by atoms with van der Waals surface area (Å²) in [6, 6.07) is 10.6. The first kappa shape index (κ1) is 30.6. The Labute approximate surface area is 251 Å². The molecule has 7 nitrogen and oxygen atoms in total. The first-order chi connectivity index (χ1) is 19.6. The highest BCUT2D eigenvalue weighted by molar-refractivity contribution is 7.98. The average molecular weight is 612 g/mol. The summed E-state index contributed by atoms with van der Waals surface area (Å²) in [5.74, 6) is 1.52. The second-order valence-electron chi connectivity index (χ2n) is 12.8. The smallest absolute Gasteiger partial charge is 0.387 e. The predicted octanol–water partition coefficient (Wildman–Crippen LogP) is 8.07. The second kappa shape index (κ2) is 11.0. The van der Waals surface area contributed by atoms with E-state index in [1.807, 2.05) is 56.8 Å². The van der Waals surface area contributed by atoms with Gasteiger partial charge in [0.1, 0.15) is 17.2 Å². The average Bonchev–Trinajstić information content (AvgIpc) is 3.44. The van der Waals surface area contributed by atoms with Crippen LogP contribution in [0.4, 0.5) is 8.78 Å². The van der Waals surface area contributed by atoms with Crippen LogP contribution in [0.15, 0.2) is 53.7 Å². The first-order valence-electron chi connectivity index (χ1n) is 14.0. The van der Waals surface area contributed by atoms with Crippen LogP contribution in [-0.2, 0) is 10.0 Å². The summed E-state index contributed by atoms with van der Waals surface area (Å²) in [4.78, 5) is 15.1. The van der Waals surface area contributed by atoms with Crippen LogP contribution < -0.4 is 10.5 Å². The maximum atomic E-state index is 13.4. The maximum absolute atomic E-state index is 13.4. The number of rotatable bonds is 8. The molecular formula is C31H39F2N5O2SSi. The van der Waals surface area contributed by atoms with Crippen molar-refractivity contribution in [3.05, 3.63) is 66.0 Å². The summed E-state index contributed by atoms with van der Waals surface area (Å²) in [5.41, 5.74) is 10.0. The molecule has 0 spiro atoms. The summed E-state index contributed by atoms with van der Waals surface area (Å²) in [6.45, 7) is 12.2. The Hall–Kier alpha value is -2.86. The maximum Gasteiger partial charge on any atom is 0.387 e. The molecule has 0 aliphatic carbocycles. The van der Waals surface area contributed by atoms with E-state index >= 15 is 0 Å². The number of ether oxygens (including phenoxy) is 1. The summed E-state index contributed by atoms with van der Waals surface area (Å²) in [7, 11) is -2.05. The predicted molar refractivity (Wildman–Crippen MR) is 167 cm³/mol.